The highest BCUT2D eigenvalue weighted by molar-refractivity contribution is 14.0. The number of ether oxygens (including phenoxy) is 2. The van der Waals surface area contributed by atoms with Gasteiger partial charge in [-0.1, -0.05) is 24.3 Å². The summed E-state index contributed by atoms with van der Waals surface area (Å²) in [5, 5.41) is 6.46. The standard InChI is InChI=1S/C16H27N3O2.HI/c1-4-17-16(18-10-11-20-3)19-12-14-8-6-7-9-15(14)13-21-5-2;/h6-9H,4-5,10-13H2,1-3H3,(H2,17,18,19);1H. The van der Waals surface area contributed by atoms with Gasteiger partial charge in [0.05, 0.1) is 19.8 Å². The zero-order valence-corrected chi connectivity index (χ0v) is 16.1. The summed E-state index contributed by atoms with van der Waals surface area (Å²) in [6, 6.07) is 8.25. The van der Waals surface area contributed by atoms with Crippen molar-refractivity contribution in [1.29, 1.82) is 0 Å². The van der Waals surface area contributed by atoms with E-state index >= 15 is 0 Å². The number of hydrogen-bond donors (Lipinski definition) is 2. The molecule has 0 bridgehead atoms. The van der Waals surface area contributed by atoms with E-state index in [1.54, 1.807) is 7.11 Å². The van der Waals surface area contributed by atoms with Gasteiger partial charge in [0.15, 0.2) is 5.96 Å². The molecule has 1 aromatic carbocycles. The molecule has 126 valence electrons. The van der Waals surface area contributed by atoms with Crippen LogP contribution in [0.2, 0.25) is 0 Å². The Morgan fingerprint density at radius 2 is 1.86 bits per heavy atom. The smallest absolute Gasteiger partial charge is 0.191 e. The maximum atomic E-state index is 5.50. The highest BCUT2D eigenvalue weighted by atomic mass is 127. The number of hydrogen-bond acceptors (Lipinski definition) is 3. The summed E-state index contributed by atoms with van der Waals surface area (Å²) in [4.78, 5) is 4.61. The molecule has 22 heavy (non-hydrogen) atoms. The van der Waals surface area contributed by atoms with Gasteiger partial charge in [0.2, 0.25) is 0 Å². The second-order valence-corrected chi connectivity index (χ2v) is 4.52. The van der Waals surface area contributed by atoms with Crippen LogP contribution in [0.15, 0.2) is 29.3 Å². The van der Waals surface area contributed by atoms with E-state index in [1.165, 1.54) is 11.1 Å². The highest BCUT2D eigenvalue weighted by Gasteiger charge is 2.02. The molecular formula is C16H28IN3O2. The molecule has 0 saturated carbocycles. The zero-order valence-electron chi connectivity index (χ0n) is 13.7. The van der Waals surface area contributed by atoms with Crippen LogP contribution in [0, 0.1) is 0 Å². The molecule has 0 spiro atoms. The van der Waals surface area contributed by atoms with Gasteiger partial charge in [-0.05, 0) is 25.0 Å². The lowest BCUT2D eigenvalue weighted by Gasteiger charge is -2.12. The van der Waals surface area contributed by atoms with Crippen LogP contribution in [-0.4, -0.2) is 39.4 Å². The number of methoxy groups -OCH3 is 1. The Bertz CT molecular complexity index is 428. The van der Waals surface area contributed by atoms with Crippen LogP contribution in [-0.2, 0) is 22.6 Å². The largest absolute Gasteiger partial charge is 0.383 e. The van der Waals surface area contributed by atoms with Gasteiger partial charge >= 0.3 is 0 Å². The van der Waals surface area contributed by atoms with Crippen molar-refractivity contribution >= 4 is 29.9 Å². The molecule has 2 N–H and O–H groups in total. The topological polar surface area (TPSA) is 54.9 Å². The maximum absolute atomic E-state index is 5.50. The van der Waals surface area contributed by atoms with E-state index in [4.69, 9.17) is 9.47 Å². The fourth-order valence-electron chi connectivity index (χ4n) is 1.84. The first-order chi connectivity index (χ1) is 10.3. The Morgan fingerprint density at radius 1 is 1.14 bits per heavy atom. The second-order valence-electron chi connectivity index (χ2n) is 4.52. The summed E-state index contributed by atoms with van der Waals surface area (Å²) in [7, 11) is 1.69. The number of rotatable bonds is 9. The van der Waals surface area contributed by atoms with Crippen molar-refractivity contribution in [2.75, 3.05) is 33.4 Å². The number of benzene rings is 1. The maximum Gasteiger partial charge on any atom is 0.191 e. The van der Waals surface area contributed by atoms with Crippen LogP contribution >= 0.6 is 24.0 Å². The van der Waals surface area contributed by atoms with E-state index in [2.05, 4.69) is 34.7 Å². The summed E-state index contributed by atoms with van der Waals surface area (Å²) < 4.78 is 10.5. The molecule has 0 aliphatic rings. The minimum Gasteiger partial charge on any atom is -0.383 e. The molecule has 0 aliphatic heterocycles. The van der Waals surface area contributed by atoms with Gasteiger partial charge < -0.3 is 20.1 Å². The van der Waals surface area contributed by atoms with Crippen molar-refractivity contribution in [2.24, 2.45) is 4.99 Å². The average molecular weight is 421 g/mol. The number of nitrogens with zero attached hydrogens (tertiary/aromatic N) is 1. The lowest BCUT2D eigenvalue weighted by molar-refractivity contribution is 0.133. The summed E-state index contributed by atoms with van der Waals surface area (Å²) >= 11 is 0. The third-order valence-electron chi connectivity index (χ3n) is 2.93. The van der Waals surface area contributed by atoms with Crippen molar-refractivity contribution in [3.63, 3.8) is 0 Å². The van der Waals surface area contributed by atoms with Crippen molar-refractivity contribution in [3.8, 4) is 0 Å². The van der Waals surface area contributed by atoms with Gasteiger partial charge in [-0.15, -0.1) is 24.0 Å². The molecule has 0 heterocycles. The lowest BCUT2D eigenvalue weighted by Crippen LogP contribution is -2.38. The molecule has 0 saturated heterocycles. The lowest BCUT2D eigenvalue weighted by atomic mass is 10.1. The van der Waals surface area contributed by atoms with Crippen LogP contribution < -0.4 is 10.6 Å². The van der Waals surface area contributed by atoms with E-state index in [-0.39, 0.29) is 24.0 Å². The predicted molar refractivity (Wildman–Crippen MR) is 102 cm³/mol. The molecular weight excluding hydrogens is 393 g/mol. The van der Waals surface area contributed by atoms with Crippen molar-refractivity contribution in [1.82, 2.24) is 10.6 Å². The van der Waals surface area contributed by atoms with Gasteiger partial charge in [-0.3, -0.25) is 0 Å². The van der Waals surface area contributed by atoms with Crippen LogP contribution in [0.25, 0.3) is 0 Å². The first kappa shape index (κ1) is 21.1. The van der Waals surface area contributed by atoms with E-state index in [0.29, 0.717) is 19.8 Å². The minimum atomic E-state index is 0. The van der Waals surface area contributed by atoms with E-state index in [0.717, 1.165) is 25.7 Å². The summed E-state index contributed by atoms with van der Waals surface area (Å²) in [6.07, 6.45) is 0. The molecule has 1 aromatic rings. The SMILES string of the molecule is CCNC(=NCc1ccccc1COCC)NCCOC.I. The molecule has 1 rings (SSSR count). The van der Waals surface area contributed by atoms with E-state index < -0.39 is 0 Å². The molecule has 0 amide bonds. The summed E-state index contributed by atoms with van der Waals surface area (Å²) in [5.41, 5.74) is 2.38. The molecule has 0 unspecified atom stereocenters. The summed E-state index contributed by atoms with van der Waals surface area (Å²) in [6.45, 7) is 8.27. The van der Waals surface area contributed by atoms with Gasteiger partial charge in [-0.2, -0.15) is 0 Å². The quantitative estimate of drug-likeness (QED) is 0.279. The first-order valence-electron chi connectivity index (χ1n) is 7.47. The molecule has 0 radical (unpaired) electrons. The average Bonchev–Trinajstić information content (AvgIpc) is 2.51. The number of halogens is 1. The predicted octanol–water partition coefficient (Wildman–Crippen LogP) is 2.54. The number of aliphatic imine (C=N–C) groups is 1. The van der Waals surface area contributed by atoms with Crippen LogP contribution in [0.4, 0.5) is 0 Å². The Morgan fingerprint density at radius 3 is 2.50 bits per heavy atom. The Balaban J connectivity index is 0.00000441. The Labute approximate surface area is 150 Å². The van der Waals surface area contributed by atoms with Gasteiger partial charge in [0.25, 0.3) is 0 Å². The molecule has 0 aromatic heterocycles. The minimum absolute atomic E-state index is 0. The molecule has 6 heteroatoms. The van der Waals surface area contributed by atoms with Crippen LogP contribution in [0.5, 0.6) is 0 Å². The monoisotopic (exact) mass is 421 g/mol. The van der Waals surface area contributed by atoms with Crippen LogP contribution in [0.3, 0.4) is 0 Å². The molecule has 5 nitrogen and oxygen atoms in total. The fraction of sp³-hybridized carbons (Fsp3) is 0.562. The fourth-order valence-corrected chi connectivity index (χ4v) is 1.84. The number of nitrogens with one attached hydrogen (secondary N) is 2. The van der Waals surface area contributed by atoms with E-state index in [9.17, 15) is 0 Å². The van der Waals surface area contributed by atoms with Crippen molar-refractivity contribution in [2.45, 2.75) is 27.0 Å². The van der Waals surface area contributed by atoms with Gasteiger partial charge in [0.1, 0.15) is 0 Å². The first-order valence-corrected chi connectivity index (χ1v) is 7.47. The second kappa shape index (κ2) is 13.8. The van der Waals surface area contributed by atoms with Crippen LogP contribution in [0.1, 0.15) is 25.0 Å². The Kier molecular flexibility index (Phi) is 13.2. The Hall–Kier alpha value is -0.860. The van der Waals surface area contributed by atoms with Crippen molar-refractivity contribution in [3.05, 3.63) is 35.4 Å². The summed E-state index contributed by atoms with van der Waals surface area (Å²) in [5.74, 6) is 0.806. The third-order valence-corrected chi connectivity index (χ3v) is 2.93. The van der Waals surface area contributed by atoms with Gasteiger partial charge in [0, 0.05) is 26.8 Å². The van der Waals surface area contributed by atoms with Crippen molar-refractivity contribution < 1.29 is 9.47 Å². The third kappa shape index (κ3) is 8.55. The number of guanidine groups is 1. The normalized spacial score (nSPS) is 11.0. The highest BCUT2D eigenvalue weighted by Crippen LogP contribution is 2.11. The molecule has 0 atom stereocenters. The molecule has 0 aliphatic carbocycles. The van der Waals surface area contributed by atoms with E-state index in [1.807, 2.05) is 19.1 Å². The molecule has 0 fully saturated rings. The van der Waals surface area contributed by atoms with Gasteiger partial charge in [-0.25, -0.2) is 4.99 Å². The zero-order chi connectivity index (χ0) is 15.3.